The van der Waals surface area contributed by atoms with E-state index in [2.05, 4.69) is 24.8 Å². The van der Waals surface area contributed by atoms with E-state index in [4.69, 9.17) is 17.2 Å². The molecule has 0 N–H and O–H groups in total. The molecule has 1 atom stereocenters. The Kier molecular flexibility index (Phi) is 3.45. The fourth-order valence-electron chi connectivity index (χ4n) is 4.61. The summed E-state index contributed by atoms with van der Waals surface area (Å²) in [5.74, 6) is -0.0251. The van der Waals surface area contributed by atoms with Crippen LogP contribution in [0.3, 0.4) is 0 Å². The highest BCUT2D eigenvalue weighted by Crippen LogP contribution is 2.52. The summed E-state index contributed by atoms with van der Waals surface area (Å²) in [4.78, 5) is 19.6. The van der Waals surface area contributed by atoms with Crippen molar-refractivity contribution >= 4 is 28.9 Å². The lowest BCUT2D eigenvalue weighted by Crippen LogP contribution is -2.55. The minimum absolute atomic E-state index is 0.0275. The maximum Gasteiger partial charge on any atom is 0.238 e. The van der Waals surface area contributed by atoms with E-state index < -0.39 is 0 Å². The number of hydrogen-bond donors (Lipinski definition) is 0. The Hall–Kier alpha value is -1.81. The number of thiocarbonyl (C=S) groups is 1. The lowest BCUT2D eigenvalue weighted by Gasteiger charge is -2.45. The van der Waals surface area contributed by atoms with Gasteiger partial charge in [-0.3, -0.25) is 9.69 Å². The smallest absolute Gasteiger partial charge is 0.238 e. The van der Waals surface area contributed by atoms with Crippen LogP contribution in [0.15, 0.2) is 41.9 Å². The van der Waals surface area contributed by atoms with Crippen LogP contribution < -0.4 is 0 Å². The number of carbonyl (C=O) groups excluding carboxylic acids is 1. The Morgan fingerprint density at radius 2 is 2.09 bits per heavy atom. The zero-order chi connectivity index (χ0) is 16.0. The zero-order valence-electron chi connectivity index (χ0n) is 13.1. The van der Waals surface area contributed by atoms with Crippen LogP contribution in [0.1, 0.15) is 36.8 Å². The van der Waals surface area contributed by atoms with Gasteiger partial charge >= 0.3 is 0 Å². The van der Waals surface area contributed by atoms with E-state index in [1.807, 2.05) is 6.07 Å². The summed E-state index contributed by atoms with van der Waals surface area (Å²) in [5, 5.41) is 0.381. The largest absolute Gasteiger partial charge is 0.283 e. The Balaban J connectivity index is 1.90. The number of fused-ring (bicyclic) bond motifs is 4. The molecular formula is C19H20N2OS. The Morgan fingerprint density at radius 1 is 1.35 bits per heavy atom. The second kappa shape index (κ2) is 5.38. The molecule has 1 aromatic rings. The number of aliphatic imine (C=N–C) groups is 1. The van der Waals surface area contributed by atoms with Crippen LogP contribution in [0.25, 0.3) is 0 Å². The standard InChI is InChI=1S/C19H20N2OS/c1-2-11-21-17(22)15-16(20-18(21)23)14-8-4-3-7-13(14)12-19(15)9-5-6-10-19/h2-4,7-8,15H,1,5-6,9-12H2. The van der Waals surface area contributed by atoms with E-state index in [1.54, 1.807) is 11.0 Å². The van der Waals surface area contributed by atoms with Crippen molar-refractivity contribution < 1.29 is 4.79 Å². The molecule has 0 radical (unpaired) electrons. The predicted molar refractivity (Wildman–Crippen MR) is 95.6 cm³/mol. The molecular weight excluding hydrogens is 304 g/mol. The van der Waals surface area contributed by atoms with Gasteiger partial charge in [0.15, 0.2) is 0 Å². The molecule has 1 unspecified atom stereocenters. The van der Waals surface area contributed by atoms with Crippen molar-refractivity contribution in [2.24, 2.45) is 16.3 Å². The molecule has 0 aromatic heterocycles. The number of carbonyl (C=O) groups is 1. The van der Waals surface area contributed by atoms with E-state index in [9.17, 15) is 4.79 Å². The molecule has 3 nitrogen and oxygen atoms in total. The van der Waals surface area contributed by atoms with Crippen LogP contribution >= 0.6 is 12.2 Å². The maximum absolute atomic E-state index is 13.2. The summed E-state index contributed by atoms with van der Waals surface area (Å²) in [6, 6.07) is 8.36. The van der Waals surface area contributed by atoms with Gasteiger partial charge in [-0.2, -0.15) is 0 Å². The second-order valence-electron chi connectivity index (χ2n) is 6.85. The molecule has 1 saturated carbocycles. The van der Waals surface area contributed by atoms with E-state index in [1.165, 1.54) is 18.4 Å². The number of hydrogen-bond acceptors (Lipinski definition) is 2. The Labute approximate surface area is 142 Å². The molecule has 0 bridgehead atoms. The third kappa shape index (κ3) is 2.12. The molecule has 1 spiro atoms. The fraction of sp³-hybridized carbons (Fsp3) is 0.421. The zero-order valence-corrected chi connectivity index (χ0v) is 13.9. The molecule has 3 aliphatic rings. The minimum atomic E-state index is -0.147. The van der Waals surface area contributed by atoms with Gasteiger partial charge in [0, 0.05) is 12.1 Å². The van der Waals surface area contributed by atoms with Gasteiger partial charge in [-0.25, -0.2) is 4.99 Å². The van der Waals surface area contributed by atoms with Gasteiger partial charge in [0.05, 0.1) is 11.6 Å². The van der Waals surface area contributed by atoms with Crippen LogP contribution in [0.4, 0.5) is 0 Å². The fourth-order valence-corrected chi connectivity index (χ4v) is 4.87. The number of rotatable bonds is 2. The molecule has 1 fully saturated rings. The minimum Gasteiger partial charge on any atom is -0.283 e. The highest BCUT2D eigenvalue weighted by molar-refractivity contribution is 7.80. The van der Waals surface area contributed by atoms with Crippen molar-refractivity contribution in [3.05, 3.63) is 48.0 Å². The molecule has 23 heavy (non-hydrogen) atoms. The van der Waals surface area contributed by atoms with Crippen molar-refractivity contribution in [1.29, 1.82) is 0 Å². The first-order valence-electron chi connectivity index (χ1n) is 8.29. The van der Waals surface area contributed by atoms with Crippen molar-refractivity contribution in [2.45, 2.75) is 32.1 Å². The molecule has 2 aliphatic carbocycles. The van der Waals surface area contributed by atoms with Crippen LogP contribution in [0, 0.1) is 11.3 Å². The lowest BCUT2D eigenvalue weighted by atomic mass is 9.61. The summed E-state index contributed by atoms with van der Waals surface area (Å²) >= 11 is 5.40. The highest BCUT2D eigenvalue weighted by Gasteiger charge is 2.53. The van der Waals surface area contributed by atoms with Gasteiger partial charge in [-0.05, 0) is 42.5 Å². The van der Waals surface area contributed by atoms with Crippen LogP contribution in [0.2, 0.25) is 0 Å². The van der Waals surface area contributed by atoms with E-state index in [0.29, 0.717) is 11.7 Å². The van der Waals surface area contributed by atoms with Gasteiger partial charge < -0.3 is 0 Å². The van der Waals surface area contributed by atoms with Gasteiger partial charge in [0.2, 0.25) is 11.0 Å². The highest BCUT2D eigenvalue weighted by atomic mass is 32.1. The molecule has 4 heteroatoms. The third-order valence-electron chi connectivity index (χ3n) is 5.59. The summed E-state index contributed by atoms with van der Waals surface area (Å²) in [5.41, 5.74) is 3.37. The first kappa shape index (κ1) is 14.8. The summed E-state index contributed by atoms with van der Waals surface area (Å²) in [6.45, 7) is 4.20. The van der Waals surface area contributed by atoms with Crippen LogP contribution in [-0.2, 0) is 11.2 Å². The topological polar surface area (TPSA) is 32.7 Å². The molecule has 0 saturated heterocycles. The lowest BCUT2D eigenvalue weighted by molar-refractivity contribution is -0.133. The van der Waals surface area contributed by atoms with Crippen LogP contribution in [-0.4, -0.2) is 28.2 Å². The van der Waals surface area contributed by atoms with Crippen molar-refractivity contribution in [2.75, 3.05) is 6.54 Å². The quantitative estimate of drug-likeness (QED) is 0.616. The average Bonchev–Trinajstić information content (AvgIpc) is 2.99. The van der Waals surface area contributed by atoms with Crippen molar-refractivity contribution in [3.63, 3.8) is 0 Å². The molecule has 1 heterocycles. The Bertz CT molecular complexity index is 731. The summed E-state index contributed by atoms with van der Waals surface area (Å²) < 4.78 is 0. The molecule has 1 amide bonds. The first-order chi connectivity index (χ1) is 11.2. The predicted octanol–water partition coefficient (Wildman–Crippen LogP) is 3.52. The van der Waals surface area contributed by atoms with Gasteiger partial charge in [-0.1, -0.05) is 43.2 Å². The summed E-state index contributed by atoms with van der Waals surface area (Å²) in [6.07, 6.45) is 7.31. The van der Waals surface area contributed by atoms with Crippen molar-refractivity contribution in [3.8, 4) is 0 Å². The average molecular weight is 324 g/mol. The number of benzene rings is 1. The van der Waals surface area contributed by atoms with E-state index in [0.717, 1.165) is 30.5 Å². The Morgan fingerprint density at radius 3 is 2.83 bits per heavy atom. The summed E-state index contributed by atoms with van der Waals surface area (Å²) in [7, 11) is 0. The van der Waals surface area contributed by atoms with E-state index in [-0.39, 0.29) is 17.2 Å². The third-order valence-corrected chi connectivity index (χ3v) is 5.90. The normalized spacial score (nSPS) is 25.1. The molecule has 118 valence electrons. The number of amides is 1. The van der Waals surface area contributed by atoms with Gasteiger partial charge in [-0.15, -0.1) is 6.58 Å². The molecule has 1 aliphatic heterocycles. The van der Waals surface area contributed by atoms with Crippen molar-refractivity contribution in [1.82, 2.24) is 4.90 Å². The second-order valence-corrected chi connectivity index (χ2v) is 7.22. The van der Waals surface area contributed by atoms with Crippen LogP contribution in [0.5, 0.6) is 0 Å². The van der Waals surface area contributed by atoms with E-state index >= 15 is 0 Å². The maximum atomic E-state index is 13.2. The first-order valence-corrected chi connectivity index (χ1v) is 8.70. The van der Waals surface area contributed by atoms with Gasteiger partial charge in [0.1, 0.15) is 0 Å². The molecule has 1 aromatic carbocycles. The number of nitrogens with zero attached hydrogens (tertiary/aromatic N) is 2. The SMILES string of the molecule is C=CCN1C(=O)C2C(=NC1=S)c1ccccc1CC21CCCC1. The molecule has 4 rings (SSSR count). The van der Waals surface area contributed by atoms with Gasteiger partial charge in [0.25, 0.3) is 0 Å². The monoisotopic (exact) mass is 324 g/mol.